The zero-order valence-electron chi connectivity index (χ0n) is 18.5. The highest BCUT2D eigenvalue weighted by Crippen LogP contribution is 2.37. The van der Waals surface area contributed by atoms with Crippen molar-refractivity contribution < 1.29 is 19.3 Å². The summed E-state index contributed by atoms with van der Waals surface area (Å²) in [6, 6.07) is 12.5. The van der Waals surface area contributed by atoms with Gasteiger partial charge in [0.1, 0.15) is 23.8 Å². The van der Waals surface area contributed by atoms with Crippen molar-refractivity contribution in [2.75, 3.05) is 0 Å². The fourth-order valence-electron chi connectivity index (χ4n) is 4.71. The van der Waals surface area contributed by atoms with E-state index in [4.69, 9.17) is 4.74 Å². The van der Waals surface area contributed by atoms with E-state index < -0.39 is 18.3 Å². The molecular formula is C26H35FO3. The summed E-state index contributed by atoms with van der Waals surface area (Å²) in [6.45, 7) is 8.49. The van der Waals surface area contributed by atoms with Gasteiger partial charge in [0.05, 0.1) is 6.10 Å². The smallest absolute Gasteiger partial charge is 0.127 e. The lowest BCUT2D eigenvalue weighted by atomic mass is 9.72. The first-order valence-corrected chi connectivity index (χ1v) is 11.2. The van der Waals surface area contributed by atoms with Crippen molar-refractivity contribution >= 4 is 0 Å². The van der Waals surface area contributed by atoms with Gasteiger partial charge in [-0.15, -0.1) is 0 Å². The lowest BCUT2D eigenvalue weighted by Gasteiger charge is -2.42. The third-order valence-corrected chi connectivity index (χ3v) is 6.35. The van der Waals surface area contributed by atoms with E-state index in [1.807, 2.05) is 31.2 Å². The Morgan fingerprint density at radius 3 is 2.53 bits per heavy atom. The molecule has 1 aliphatic rings. The van der Waals surface area contributed by atoms with E-state index in [-0.39, 0.29) is 11.7 Å². The normalized spacial score (nSPS) is 26.7. The molecule has 2 N–H and O–H groups in total. The van der Waals surface area contributed by atoms with Gasteiger partial charge in [-0.25, -0.2) is 4.39 Å². The Kier molecular flexibility index (Phi) is 7.54. The quantitative estimate of drug-likeness (QED) is 0.618. The van der Waals surface area contributed by atoms with Gasteiger partial charge in [0.25, 0.3) is 0 Å². The molecule has 1 fully saturated rings. The Hall–Kier alpha value is -1.91. The molecule has 30 heavy (non-hydrogen) atoms. The average molecular weight is 415 g/mol. The summed E-state index contributed by atoms with van der Waals surface area (Å²) in [6.07, 6.45) is 1.41. The van der Waals surface area contributed by atoms with Crippen LogP contribution in [-0.4, -0.2) is 28.5 Å². The number of aryl methyl sites for hydroxylation is 1. The maximum atomic E-state index is 13.8. The second-order valence-electron chi connectivity index (χ2n) is 9.20. The van der Waals surface area contributed by atoms with Gasteiger partial charge in [0.2, 0.25) is 0 Å². The lowest BCUT2D eigenvalue weighted by molar-refractivity contribution is -0.119. The summed E-state index contributed by atoms with van der Waals surface area (Å²) in [7, 11) is 0. The number of hydrogen-bond donors (Lipinski definition) is 2. The number of aliphatic hydroxyl groups is 2. The first kappa shape index (κ1) is 22.8. The minimum atomic E-state index is -0.920. The standard InChI is InChI=1S/C26H35FO3/c1-5-7-18-10-11-22(15-23(18)19-8-6-9-21(27)13-19)30-24-14-20(12-16(2)3)17(4)25(28)26(24)29/h6,8-11,13,15-17,20,24-26,28-29H,5,7,12,14H2,1-4H3/t17-,20+,24+,25+,26-/m0/s1. The molecule has 3 nitrogen and oxygen atoms in total. The highest BCUT2D eigenvalue weighted by atomic mass is 19.1. The molecule has 0 amide bonds. The SMILES string of the molecule is CCCc1ccc(O[C@@H]2C[C@@H](CC(C)C)[C@H](C)[C@@H](O)[C@H]2O)cc1-c1cccc(F)c1. The third-order valence-electron chi connectivity index (χ3n) is 6.35. The molecule has 0 bridgehead atoms. The van der Waals surface area contributed by atoms with E-state index in [0.717, 1.165) is 36.0 Å². The molecule has 3 rings (SSSR count). The first-order valence-electron chi connectivity index (χ1n) is 11.2. The Morgan fingerprint density at radius 2 is 1.87 bits per heavy atom. The van der Waals surface area contributed by atoms with Crippen LogP contribution >= 0.6 is 0 Å². The van der Waals surface area contributed by atoms with Crippen LogP contribution in [0.25, 0.3) is 11.1 Å². The van der Waals surface area contributed by atoms with Crippen LogP contribution in [0.15, 0.2) is 42.5 Å². The molecule has 0 heterocycles. The number of benzene rings is 2. The summed E-state index contributed by atoms with van der Waals surface area (Å²) in [5, 5.41) is 21.2. The van der Waals surface area contributed by atoms with E-state index in [9.17, 15) is 14.6 Å². The van der Waals surface area contributed by atoms with Crippen LogP contribution in [-0.2, 0) is 6.42 Å². The van der Waals surface area contributed by atoms with Gasteiger partial charge in [0.15, 0.2) is 0 Å². The van der Waals surface area contributed by atoms with E-state index in [1.165, 1.54) is 12.1 Å². The molecule has 164 valence electrons. The molecule has 0 aromatic heterocycles. The van der Waals surface area contributed by atoms with E-state index in [1.54, 1.807) is 6.07 Å². The fraction of sp³-hybridized carbons (Fsp3) is 0.538. The Bertz CT molecular complexity index is 835. The molecule has 1 saturated carbocycles. The lowest BCUT2D eigenvalue weighted by Crippen LogP contribution is -2.52. The van der Waals surface area contributed by atoms with Crippen molar-refractivity contribution in [1.29, 1.82) is 0 Å². The number of hydrogen-bond acceptors (Lipinski definition) is 3. The molecule has 2 aromatic rings. The Balaban J connectivity index is 1.87. The van der Waals surface area contributed by atoms with E-state index in [0.29, 0.717) is 24.0 Å². The minimum Gasteiger partial charge on any atom is -0.488 e. The second kappa shape index (κ2) is 9.93. The van der Waals surface area contributed by atoms with Gasteiger partial charge >= 0.3 is 0 Å². The number of ether oxygens (including phenoxy) is 1. The van der Waals surface area contributed by atoms with Crippen LogP contribution in [0.4, 0.5) is 4.39 Å². The van der Waals surface area contributed by atoms with Gasteiger partial charge in [-0.1, -0.05) is 52.3 Å². The second-order valence-corrected chi connectivity index (χ2v) is 9.20. The molecular weight excluding hydrogens is 379 g/mol. The number of aliphatic hydroxyl groups excluding tert-OH is 2. The van der Waals surface area contributed by atoms with Crippen LogP contribution in [0.3, 0.4) is 0 Å². The maximum absolute atomic E-state index is 13.8. The summed E-state index contributed by atoms with van der Waals surface area (Å²) in [5.41, 5.74) is 2.91. The van der Waals surface area contributed by atoms with Crippen molar-refractivity contribution in [2.24, 2.45) is 17.8 Å². The maximum Gasteiger partial charge on any atom is 0.127 e. The molecule has 0 spiro atoms. The average Bonchev–Trinajstić information content (AvgIpc) is 2.71. The topological polar surface area (TPSA) is 49.7 Å². The minimum absolute atomic E-state index is 0.0389. The molecule has 0 aliphatic heterocycles. The van der Waals surface area contributed by atoms with E-state index >= 15 is 0 Å². The third kappa shape index (κ3) is 5.22. The predicted molar refractivity (Wildman–Crippen MR) is 119 cm³/mol. The van der Waals surface area contributed by atoms with Crippen molar-refractivity contribution in [1.82, 2.24) is 0 Å². The summed E-state index contributed by atoms with van der Waals surface area (Å²) in [5.74, 6) is 1.24. The van der Waals surface area contributed by atoms with Gasteiger partial charge in [-0.2, -0.15) is 0 Å². The summed E-state index contributed by atoms with van der Waals surface area (Å²) in [4.78, 5) is 0. The number of rotatable bonds is 7. The predicted octanol–water partition coefficient (Wildman–Crippen LogP) is 5.62. The monoisotopic (exact) mass is 414 g/mol. The van der Waals surface area contributed by atoms with Gasteiger partial charge in [-0.05, 0) is 78.0 Å². The molecule has 5 atom stereocenters. The Labute approximate surface area is 179 Å². The molecule has 4 heteroatoms. The summed E-state index contributed by atoms with van der Waals surface area (Å²) >= 11 is 0. The molecule has 0 radical (unpaired) electrons. The molecule has 0 unspecified atom stereocenters. The molecule has 2 aromatic carbocycles. The van der Waals surface area contributed by atoms with Crippen molar-refractivity contribution in [3.05, 3.63) is 53.8 Å². The van der Waals surface area contributed by atoms with Gasteiger partial charge in [0, 0.05) is 0 Å². The van der Waals surface area contributed by atoms with Crippen molar-refractivity contribution in [3.8, 4) is 16.9 Å². The van der Waals surface area contributed by atoms with Crippen LogP contribution in [0.5, 0.6) is 5.75 Å². The van der Waals surface area contributed by atoms with Crippen molar-refractivity contribution in [2.45, 2.75) is 71.7 Å². The van der Waals surface area contributed by atoms with Crippen LogP contribution in [0.2, 0.25) is 0 Å². The van der Waals surface area contributed by atoms with Crippen LogP contribution in [0.1, 0.15) is 52.5 Å². The summed E-state index contributed by atoms with van der Waals surface area (Å²) < 4.78 is 20.0. The van der Waals surface area contributed by atoms with Gasteiger partial charge in [-0.3, -0.25) is 0 Å². The van der Waals surface area contributed by atoms with Crippen LogP contribution < -0.4 is 4.74 Å². The highest BCUT2D eigenvalue weighted by Gasteiger charge is 2.42. The molecule has 1 aliphatic carbocycles. The fourth-order valence-corrected chi connectivity index (χ4v) is 4.71. The largest absolute Gasteiger partial charge is 0.488 e. The number of halogens is 1. The highest BCUT2D eigenvalue weighted by molar-refractivity contribution is 5.69. The van der Waals surface area contributed by atoms with E-state index in [2.05, 4.69) is 20.8 Å². The zero-order chi connectivity index (χ0) is 21.8. The first-order chi connectivity index (χ1) is 14.3. The molecule has 0 saturated heterocycles. The van der Waals surface area contributed by atoms with Crippen molar-refractivity contribution in [3.63, 3.8) is 0 Å². The van der Waals surface area contributed by atoms with Crippen LogP contribution in [0, 0.1) is 23.6 Å². The zero-order valence-corrected chi connectivity index (χ0v) is 18.5. The Morgan fingerprint density at radius 1 is 1.10 bits per heavy atom. The van der Waals surface area contributed by atoms with Gasteiger partial charge < -0.3 is 14.9 Å².